The molecule has 0 radical (unpaired) electrons. The second kappa shape index (κ2) is 8.94. The Morgan fingerprint density at radius 1 is 1.07 bits per heavy atom. The molecule has 3 aliphatic carbocycles. The molecule has 3 heteroatoms. The molecule has 1 fully saturated rings. The third-order valence-corrected chi connectivity index (χ3v) is 8.11. The summed E-state index contributed by atoms with van der Waals surface area (Å²) in [5.41, 5.74) is 3.88. The largest absolute Gasteiger partial charge is 0.496 e. The van der Waals surface area contributed by atoms with Crippen LogP contribution in [0.15, 0.2) is 23.8 Å². The number of ether oxygens (including phenoxy) is 2. The van der Waals surface area contributed by atoms with Gasteiger partial charge in [-0.1, -0.05) is 66.4 Å². The summed E-state index contributed by atoms with van der Waals surface area (Å²) in [6, 6.07) is 4.48. The van der Waals surface area contributed by atoms with Crippen LogP contribution in [0.3, 0.4) is 0 Å². The molecule has 30 heavy (non-hydrogen) atoms. The summed E-state index contributed by atoms with van der Waals surface area (Å²) in [7, 11) is 3.54. The first-order chi connectivity index (χ1) is 14.2. The summed E-state index contributed by atoms with van der Waals surface area (Å²) in [6.45, 7) is 11.7. The molecule has 1 N–H and O–H groups in total. The monoisotopic (exact) mass is 414 g/mol. The average Bonchev–Trinajstić information content (AvgIpc) is 2.74. The van der Waals surface area contributed by atoms with Crippen molar-refractivity contribution in [2.24, 2.45) is 17.3 Å². The number of allylic oxidation sites excluding steroid dienone is 1. The van der Waals surface area contributed by atoms with Crippen LogP contribution < -0.4 is 9.47 Å². The fraction of sp³-hybridized carbons (Fsp3) is 0.704. The summed E-state index contributed by atoms with van der Waals surface area (Å²) in [5.74, 6) is 3.12. The van der Waals surface area contributed by atoms with Gasteiger partial charge in [0.1, 0.15) is 11.5 Å². The Labute approximate surface area is 183 Å². The van der Waals surface area contributed by atoms with E-state index < -0.39 is 0 Å². The normalized spacial score (nSPS) is 24.8. The number of fused-ring (bicyclic) bond motifs is 1. The lowest BCUT2D eigenvalue weighted by atomic mass is 9.45. The fourth-order valence-electron chi connectivity index (χ4n) is 5.90. The third-order valence-electron chi connectivity index (χ3n) is 8.11. The molecule has 0 spiro atoms. The first-order valence-corrected chi connectivity index (χ1v) is 11.8. The summed E-state index contributed by atoms with van der Waals surface area (Å²) >= 11 is 0. The molecule has 4 rings (SSSR count). The van der Waals surface area contributed by atoms with Gasteiger partial charge in [0.05, 0.1) is 20.8 Å². The zero-order chi connectivity index (χ0) is 22.1. The van der Waals surface area contributed by atoms with Crippen molar-refractivity contribution < 1.29 is 14.6 Å². The SMILES string of the molecule is CCCCCCC(C)(C)c1cc(OC)c(C2C=C(CO)[C@H]3CC2C3(C)C)c(OC)c1. The Bertz CT molecular complexity index is 749. The van der Waals surface area contributed by atoms with Gasteiger partial charge in [0.15, 0.2) is 0 Å². The maximum absolute atomic E-state index is 9.98. The highest BCUT2D eigenvalue weighted by Crippen LogP contribution is 2.65. The second-order valence-electron chi connectivity index (χ2n) is 10.6. The number of methoxy groups -OCH3 is 2. The van der Waals surface area contributed by atoms with Crippen molar-refractivity contribution >= 4 is 0 Å². The maximum atomic E-state index is 9.98. The predicted octanol–water partition coefficient (Wildman–Crippen LogP) is 6.63. The zero-order valence-corrected chi connectivity index (χ0v) is 20.2. The second-order valence-corrected chi connectivity index (χ2v) is 10.6. The van der Waals surface area contributed by atoms with E-state index >= 15 is 0 Å². The van der Waals surface area contributed by atoms with E-state index in [1.807, 2.05) is 0 Å². The first kappa shape index (κ1) is 23.2. The quantitative estimate of drug-likeness (QED) is 0.345. The van der Waals surface area contributed by atoms with Gasteiger partial charge in [0, 0.05) is 11.5 Å². The van der Waals surface area contributed by atoms with Gasteiger partial charge >= 0.3 is 0 Å². The zero-order valence-electron chi connectivity index (χ0n) is 20.2. The topological polar surface area (TPSA) is 38.7 Å². The summed E-state index contributed by atoms with van der Waals surface area (Å²) in [5, 5.41) is 9.98. The highest BCUT2D eigenvalue weighted by molar-refractivity contribution is 5.55. The van der Waals surface area contributed by atoms with Crippen molar-refractivity contribution in [3.05, 3.63) is 34.9 Å². The number of aliphatic hydroxyl groups excluding tert-OH is 1. The van der Waals surface area contributed by atoms with Crippen LogP contribution >= 0.6 is 0 Å². The molecule has 0 aliphatic heterocycles. The average molecular weight is 415 g/mol. The predicted molar refractivity (Wildman–Crippen MR) is 125 cm³/mol. The van der Waals surface area contributed by atoms with E-state index in [4.69, 9.17) is 9.47 Å². The van der Waals surface area contributed by atoms with Crippen molar-refractivity contribution in [1.29, 1.82) is 0 Å². The van der Waals surface area contributed by atoms with Crippen LogP contribution in [0.5, 0.6) is 11.5 Å². The molecule has 168 valence electrons. The first-order valence-electron chi connectivity index (χ1n) is 11.8. The molecule has 3 nitrogen and oxygen atoms in total. The van der Waals surface area contributed by atoms with Crippen molar-refractivity contribution in [2.75, 3.05) is 20.8 Å². The van der Waals surface area contributed by atoms with Crippen molar-refractivity contribution in [1.82, 2.24) is 0 Å². The number of hydrogen-bond donors (Lipinski definition) is 1. The van der Waals surface area contributed by atoms with E-state index in [1.54, 1.807) is 14.2 Å². The molecule has 1 saturated carbocycles. The van der Waals surface area contributed by atoms with Gasteiger partial charge in [0.25, 0.3) is 0 Å². The number of hydrogen-bond acceptors (Lipinski definition) is 3. The van der Waals surface area contributed by atoms with Crippen LogP contribution in [0.2, 0.25) is 0 Å². The molecule has 3 aliphatic rings. The van der Waals surface area contributed by atoms with Crippen molar-refractivity contribution in [3.8, 4) is 11.5 Å². The van der Waals surface area contributed by atoms with Crippen LogP contribution in [-0.4, -0.2) is 25.9 Å². The van der Waals surface area contributed by atoms with E-state index in [9.17, 15) is 5.11 Å². The number of benzene rings is 1. The van der Waals surface area contributed by atoms with E-state index in [-0.39, 0.29) is 23.4 Å². The maximum Gasteiger partial charge on any atom is 0.126 e. The van der Waals surface area contributed by atoms with Crippen LogP contribution in [0.1, 0.15) is 90.2 Å². The lowest BCUT2D eigenvalue weighted by Crippen LogP contribution is -2.51. The minimum Gasteiger partial charge on any atom is -0.496 e. The van der Waals surface area contributed by atoms with Gasteiger partial charge < -0.3 is 14.6 Å². The van der Waals surface area contributed by atoms with E-state index in [1.165, 1.54) is 36.8 Å². The summed E-state index contributed by atoms with van der Waals surface area (Å²) in [6.07, 6.45) is 9.70. The van der Waals surface area contributed by atoms with Gasteiger partial charge in [-0.3, -0.25) is 0 Å². The number of unbranched alkanes of at least 4 members (excludes halogenated alkanes) is 3. The van der Waals surface area contributed by atoms with Crippen LogP contribution in [0.25, 0.3) is 0 Å². The smallest absolute Gasteiger partial charge is 0.126 e. The van der Waals surface area contributed by atoms with Gasteiger partial charge in [-0.25, -0.2) is 0 Å². The van der Waals surface area contributed by atoms with E-state index in [2.05, 4.69) is 52.8 Å². The van der Waals surface area contributed by atoms with Gasteiger partial charge in [0.2, 0.25) is 0 Å². The van der Waals surface area contributed by atoms with Gasteiger partial charge in [-0.15, -0.1) is 0 Å². The van der Waals surface area contributed by atoms with Crippen LogP contribution in [-0.2, 0) is 5.41 Å². The lowest BCUT2D eigenvalue weighted by molar-refractivity contribution is -0.0260. The molecule has 1 aromatic rings. The third kappa shape index (κ3) is 4.02. The van der Waals surface area contributed by atoms with Crippen LogP contribution in [0, 0.1) is 17.3 Å². The minimum atomic E-state index is 0.0757. The fourth-order valence-corrected chi connectivity index (χ4v) is 5.90. The number of aliphatic hydroxyl groups is 1. The van der Waals surface area contributed by atoms with Crippen LogP contribution in [0.4, 0.5) is 0 Å². The highest BCUT2D eigenvalue weighted by Gasteiger charge is 2.56. The molecule has 0 amide bonds. The Balaban J connectivity index is 1.99. The Kier molecular flexibility index (Phi) is 6.91. The standard InChI is InChI=1S/C27H42O3/c1-8-9-10-11-12-26(2,3)19-14-23(29-6)25(24(15-19)30-7)20-13-18(17-28)21-16-22(20)27(21,4)5/h13-15,20-22,28H,8-12,16-17H2,1-7H3/t20?,21-,22?/m1/s1. The minimum absolute atomic E-state index is 0.0757. The Morgan fingerprint density at radius 3 is 2.20 bits per heavy atom. The molecule has 3 atom stereocenters. The highest BCUT2D eigenvalue weighted by atomic mass is 16.5. The molecule has 0 heterocycles. The molecule has 0 aromatic heterocycles. The van der Waals surface area contributed by atoms with Crippen molar-refractivity contribution in [2.45, 2.75) is 84.5 Å². The van der Waals surface area contributed by atoms with E-state index in [0.717, 1.165) is 29.9 Å². The number of rotatable bonds is 10. The van der Waals surface area contributed by atoms with Gasteiger partial charge in [-0.2, -0.15) is 0 Å². The summed E-state index contributed by atoms with van der Waals surface area (Å²) < 4.78 is 11.9. The molecular formula is C27H42O3. The summed E-state index contributed by atoms with van der Waals surface area (Å²) in [4.78, 5) is 0. The molecule has 1 aromatic carbocycles. The van der Waals surface area contributed by atoms with Crippen molar-refractivity contribution in [3.63, 3.8) is 0 Å². The lowest BCUT2D eigenvalue weighted by Gasteiger charge is -2.59. The Hall–Kier alpha value is -1.48. The van der Waals surface area contributed by atoms with E-state index in [0.29, 0.717) is 11.8 Å². The Morgan fingerprint density at radius 2 is 1.70 bits per heavy atom. The molecular weight excluding hydrogens is 372 g/mol. The van der Waals surface area contributed by atoms with Gasteiger partial charge in [-0.05, 0) is 58.8 Å². The molecule has 2 unspecified atom stereocenters. The molecule has 2 bridgehead atoms. The molecule has 0 saturated heterocycles.